The molecule has 322 valence electrons. The van der Waals surface area contributed by atoms with Crippen molar-refractivity contribution in [1.82, 2.24) is 26.0 Å². The van der Waals surface area contributed by atoms with Gasteiger partial charge in [-0.2, -0.15) is 0 Å². The Bertz CT molecular complexity index is 1120. The molecule has 5 N–H and O–H groups in total. The van der Waals surface area contributed by atoms with Gasteiger partial charge in [0.1, 0.15) is 0 Å². The van der Waals surface area contributed by atoms with E-state index >= 15 is 0 Å². The van der Waals surface area contributed by atoms with E-state index in [0.29, 0.717) is 5.92 Å². The summed E-state index contributed by atoms with van der Waals surface area (Å²) in [5, 5.41) is 10.7. The molecule has 0 saturated heterocycles. The summed E-state index contributed by atoms with van der Waals surface area (Å²) in [6.45, 7) is 32.6. The van der Waals surface area contributed by atoms with Gasteiger partial charge in [0.25, 0.3) is 0 Å². The largest absolute Gasteiger partial charge is 0.453 e. The molecule has 0 saturated carbocycles. The highest BCUT2D eigenvalue weighted by Gasteiger charge is 2.29. The number of amides is 4. The van der Waals surface area contributed by atoms with E-state index in [1.165, 1.54) is 34.7 Å². The molecule has 4 amide bonds. The molecule has 0 fully saturated rings. The lowest BCUT2D eigenvalue weighted by Crippen LogP contribution is -2.50. The maximum atomic E-state index is 11.1. The zero-order chi connectivity index (χ0) is 41.8. The molecule has 0 rings (SSSR count). The standard InChI is InChI=1S/C10H20N2O4.C10H21NO2.C8H17NO2.C7H17NO2S.2CH4/c1-10(2,3)7(12-9(14)16-5)6-11-8(13)15-4;1-7(2)8(10(3,4)5)11-9(12)13-6;1-6(8(2,3)4)9-7(10)11-5;1-6(7(2,3)4)8-11(5,9)10;;/h7H,6H2,1-5H3,(H,11,13)(H,12,14);7-8H,1-6H3,(H,11,12);6H,1-5H3,(H,9,10);6,8H,1-5H3;2*1H4. The minimum atomic E-state index is -3.06. The van der Waals surface area contributed by atoms with Crippen LogP contribution in [0.4, 0.5) is 19.2 Å². The summed E-state index contributed by atoms with van der Waals surface area (Å²) in [5.41, 5.74) is -0.0885. The van der Waals surface area contributed by atoms with Crippen molar-refractivity contribution < 1.29 is 46.5 Å². The van der Waals surface area contributed by atoms with Crippen molar-refractivity contribution in [3.05, 3.63) is 0 Å². The van der Waals surface area contributed by atoms with Gasteiger partial charge in [-0.25, -0.2) is 32.3 Å². The lowest BCUT2D eigenvalue weighted by atomic mass is 9.80. The number of hydrogen-bond donors (Lipinski definition) is 5. The molecule has 0 aromatic rings. The Morgan fingerprint density at radius 3 is 1.11 bits per heavy atom. The second-order valence-electron chi connectivity index (χ2n) is 16.9. The van der Waals surface area contributed by atoms with Gasteiger partial charge in [0, 0.05) is 24.7 Å². The molecule has 0 aromatic heterocycles. The van der Waals surface area contributed by atoms with Gasteiger partial charge in [-0.3, -0.25) is 0 Å². The minimum Gasteiger partial charge on any atom is -0.453 e. The molecule has 4 atom stereocenters. The third-order valence-electron chi connectivity index (χ3n) is 7.73. The van der Waals surface area contributed by atoms with Crippen LogP contribution in [0.5, 0.6) is 0 Å². The second-order valence-corrected chi connectivity index (χ2v) is 18.6. The number of rotatable bonds is 8. The number of carbonyl (C=O) groups is 4. The lowest BCUT2D eigenvalue weighted by molar-refractivity contribution is 0.142. The maximum absolute atomic E-state index is 11.1. The Morgan fingerprint density at radius 1 is 0.528 bits per heavy atom. The zero-order valence-electron chi connectivity index (χ0n) is 35.6. The summed E-state index contributed by atoms with van der Waals surface area (Å²) in [6, 6.07) is -0.00792. The van der Waals surface area contributed by atoms with Crippen molar-refractivity contribution in [2.45, 2.75) is 150 Å². The molecule has 0 spiro atoms. The number of hydrogen-bond acceptors (Lipinski definition) is 10. The van der Waals surface area contributed by atoms with Crippen LogP contribution in [0.25, 0.3) is 0 Å². The Labute approximate surface area is 325 Å². The molecule has 0 heterocycles. The van der Waals surface area contributed by atoms with Gasteiger partial charge in [0.2, 0.25) is 10.0 Å². The zero-order valence-corrected chi connectivity index (χ0v) is 36.4. The molecule has 0 aliphatic carbocycles. The normalized spacial score (nSPS) is 13.5. The van der Waals surface area contributed by atoms with Crippen LogP contribution in [0.15, 0.2) is 0 Å². The minimum absolute atomic E-state index is 0. The molecular formula is C37H83N5O10S. The first-order chi connectivity index (χ1) is 22.6. The highest BCUT2D eigenvalue weighted by Crippen LogP contribution is 2.25. The van der Waals surface area contributed by atoms with Gasteiger partial charge < -0.3 is 40.2 Å². The third kappa shape index (κ3) is 35.8. The predicted octanol–water partition coefficient (Wildman–Crippen LogP) is 7.55. The summed E-state index contributed by atoms with van der Waals surface area (Å²) in [6.07, 6.45) is -0.594. The third-order valence-corrected chi connectivity index (χ3v) is 8.51. The van der Waals surface area contributed by atoms with Crippen molar-refractivity contribution in [2.75, 3.05) is 41.2 Å². The van der Waals surface area contributed by atoms with Gasteiger partial charge in [-0.15, -0.1) is 0 Å². The summed E-state index contributed by atoms with van der Waals surface area (Å²) >= 11 is 0. The van der Waals surface area contributed by atoms with Crippen LogP contribution in [0.1, 0.15) is 126 Å². The van der Waals surface area contributed by atoms with Crippen LogP contribution in [0, 0.1) is 27.6 Å². The van der Waals surface area contributed by atoms with Gasteiger partial charge in [0.15, 0.2) is 0 Å². The Hall–Kier alpha value is -3.01. The van der Waals surface area contributed by atoms with E-state index in [1.807, 2.05) is 55.4 Å². The number of carbonyl (C=O) groups excluding carboxylic acids is 4. The Morgan fingerprint density at radius 2 is 0.868 bits per heavy atom. The highest BCUT2D eigenvalue weighted by molar-refractivity contribution is 7.88. The second kappa shape index (κ2) is 27.6. The smallest absolute Gasteiger partial charge is 0.407 e. The number of methoxy groups -OCH3 is 4. The van der Waals surface area contributed by atoms with E-state index in [4.69, 9.17) is 0 Å². The maximum Gasteiger partial charge on any atom is 0.407 e. The van der Waals surface area contributed by atoms with E-state index < -0.39 is 22.2 Å². The molecule has 15 nitrogen and oxygen atoms in total. The summed E-state index contributed by atoms with van der Waals surface area (Å²) < 4.78 is 42.1. The summed E-state index contributed by atoms with van der Waals surface area (Å²) in [7, 11) is 2.27. The number of sulfonamides is 1. The lowest BCUT2D eigenvalue weighted by Gasteiger charge is -2.34. The molecule has 53 heavy (non-hydrogen) atoms. The van der Waals surface area contributed by atoms with E-state index in [2.05, 4.69) is 100 Å². The quantitative estimate of drug-likeness (QED) is 0.153. The first kappa shape index (κ1) is 62.0. The monoisotopic (exact) mass is 790 g/mol. The SMILES string of the molecule is C.C.CC(NS(C)(=O)=O)C(C)(C)C.COC(=O)NC(C(C)C)C(C)(C)C.COC(=O)NC(C)C(C)(C)C.COC(=O)NCC(NC(=O)OC)C(C)(C)C. The van der Waals surface area contributed by atoms with Gasteiger partial charge >= 0.3 is 24.4 Å². The van der Waals surface area contributed by atoms with Crippen molar-refractivity contribution >= 4 is 34.4 Å². The fourth-order valence-corrected chi connectivity index (χ4v) is 4.55. The highest BCUT2D eigenvalue weighted by atomic mass is 32.2. The molecule has 16 heteroatoms. The topological polar surface area (TPSA) is 199 Å². The molecule has 0 aliphatic rings. The van der Waals surface area contributed by atoms with Crippen LogP contribution in [0.3, 0.4) is 0 Å². The molecule has 0 bridgehead atoms. The average Bonchev–Trinajstić information content (AvgIpc) is 2.95. The van der Waals surface area contributed by atoms with Crippen LogP contribution < -0.4 is 26.0 Å². The van der Waals surface area contributed by atoms with Gasteiger partial charge in [-0.1, -0.05) is 112 Å². The fraction of sp³-hybridized carbons (Fsp3) is 0.892. The Balaban J connectivity index is -0.000000139. The van der Waals surface area contributed by atoms with Crippen molar-refractivity contribution in [2.24, 2.45) is 27.6 Å². The molecule has 0 aliphatic heterocycles. The summed E-state index contributed by atoms with van der Waals surface area (Å²) in [5.74, 6) is 0.402. The number of ether oxygens (including phenoxy) is 4. The van der Waals surface area contributed by atoms with Crippen molar-refractivity contribution in [3.8, 4) is 0 Å². The van der Waals surface area contributed by atoms with Crippen LogP contribution in [-0.4, -0.2) is 98.2 Å². The first-order valence-electron chi connectivity index (χ1n) is 16.9. The van der Waals surface area contributed by atoms with Crippen LogP contribution in [0.2, 0.25) is 0 Å². The molecule has 4 unspecified atom stereocenters. The van der Waals surface area contributed by atoms with E-state index in [-0.39, 0.29) is 79.4 Å². The summed E-state index contributed by atoms with van der Waals surface area (Å²) in [4.78, 5) is 43.8. The predicted molar refractivity (Wildman–Crippen MR) is 218 cm³/mol. The Kier molecular flexibility index (Phi) is 32.2. The molecule has 0 radical (unpaired) electrons. The van der Waals surface area contributed by atoms with Crippen molar-refractivity contribution in [3.63, 3.8) is 0 Å². The van der Waals surface area contributed by atoms with Gasteiger partial charge in [-0.05, 0) is 41.4 Å². The first-order valence-corrected chi connectivity index (χ1v) is 18.8. The van der Waals surface area contributed by atoms with Crippen molar-refractivity contribution in [1.29, 1.82) is 0 Å². The number of alkyl carbamates (subject to hydrolysis) is 4. The molecule has 0 aromatic carbocycles. The average molecular weight is 790 g/mol. The number of nitrogens with one attached hydrogen (secondary N) is 5. The van der Waals surface area contributed by atoms with E-state index in [1.54, 1.807) is 0 Å². The van der Waals surface area contributed by atoms with Crippen LogP contribution >= 0.6 is 0 Å². The fourth-order valence-electron chi connectivity index (χ4n) is 3.55. The van der Waals surface area contributed by atoms with E-state index in [0.717, 1.165) is 0 Å². The van der Waals surface area contributed by atoms with E-state index in [9.17, 15) is 27.6 Å². The molecular weight excluding hydrogens is 706 g/mol. The van der Waals surface area contributed by atoms with Gasteiger partial charge in [0.05, 0.1) is 40.7 Å². The van der Waals surface area contributed by atoms with Crippen LogP contribution in [-0.2, 0) is 29.0 Å².